The van der Waals surface area contributed by atoms with E-state index in [1.807, 2.05) is 0 Å². The normalized spacial score (nSPS) is 12.8. The van der Waals surface area contributed by atoms with Gasteiger partial charge in [-0.15, -0.1) is 0 Å². The van der Waals surface area contributed by atoms with Crippen LogP contribution in [0.15, 0.2) is 23.0 Å². The zero-order chi connectivity index (χ0) is 8.97. The fourth-order valence-electron chi connectivity index (χ4n) is 0.950. The summed E-state index contributed by atoms with van der Waals surface area (Å²) in [4.78, 5) is 13.5. The number of hydrogen-bond acceptors (Lipinski definition) is 3. The van der Waals surface area contributed by atoms with Crippen molar-refractivity contribution in [2.24, 2.45) is 5.73 Å². The minimum absolute atomic E-state index is 0.140. The van der Waals surface area contributed by atoms with Crippen LogP contribution < -0.4 is 11.3 Å². The molecule has 3 N–H and O–H groups in total. The predicted octanol–water partition coefficient (Wildman–Crippen LogP) is 0.0211. The van der Waals surface area contributed by atoms with E-state index in [-0.39, 0.29) is 11.6 Å². The summed E-state index contributed by atoms with van der Waals surface area (Å²) in [6.07, 6.45) is 0. The van der Waals surface area contributed by atoms with Gasteiger partial charge >= 0.3 is 0 Å². The molecule has 0 amide bonds. The van der Waals surface area contributed by atoms with Gasteiger partial charge in [-0.05, 0) is 6.07 Å². The molecule has 0 aromatic carbocycles. The van der Waals surface area contributed by atoms with E-state index in [4.69, 9.17) is 10.5 Å². The number of nitrogens with two attached hydrogens (primary N) is 1. The Morgan fingerprint density at radius 2 is 2.42 bits per heavy atom. The van der Waals surface area contributed by atoms with Crippen molar-refractivity contribution in [3.63, 3.8) is 0 Å². The third-order valence-corrected chi connectivity index (χ3v) is 1.54. The minimum atomic E-state index is -0.260. The van der Waals surface area contributed by atoms with Crippen LogP contribution in [0.3, 0.4) is 0 Å². The maximum absolute atomic E-state index is 10.8. The molecule has 1 heterocycles. The molecule has 1 rings (SSSR count). The van der Waals surface area contributed by atoms with E-state index >= 15 is 0 Å². The average Bonchev–Trinajstić information content (AvgIpc) is 2.05. The molecule has 1 aromatic rings. The van der Waals surface area contributed by atoms with Gasteiger partial charge in [0, 0.05) is 18.9 Å². The Bertz CT molecular complexity index is 295. The van der Waals surface area contributed by atoms with Crippen molar-refractivity contribution < 1.29 is 4.74 Å². The second-order valence-electron chi connectivity index (χ2n) is 2.53. The van der Waals surface area contributed by atoms with Crippen LogP contribution in [-0.2, 0) is 4.74 Å². The summed E-state index contributed by atoms with van der Waals surface area (Å²) in [5.74, 6) is 0. The summed E-state index contributed by atoms with van der Waals surface area (Å²) < 4.78 is 4.85. The first-order valence-corrected chi connectivity index (χ1v) is 3.68. The highest BCUT2D eigenvalue weighted by atomic mass is 16.5. The fraction of sp³-hybridized carbons (Fsp3) is 0.375. The van der Waals surface area contributed by atoms with Gasteiger partial charge in [0.05, 0.1) is 12.6 Å². The lowest BCUT2D eigenvalue weighted by atomic mass is 10.2. The third kappa shape index (κ3) is 2.18. The van der Waals surface area contributed by atoms with Gasteiger partial charge in [0.25, 0.3) is 0 Å². The van der Waals surface area contributed by atoms with E-state index in [1.54, 1.807) is 19.2 Å². The lowest BCUT2D eigenvalue weighted by Crippen LogP contribution is -2.20. The number of pyridine rings is 1. The Morgan fingerprint density at radius 3 is 3.00 bits per heavy atom. The number of aromatic nitrogens is 1. The van der Waals surface area contributed by atoms with E-state index in [1.165, 1.54) is 6.07 Å². The van der Waals surface area contributed by atoms with Crippen molar-refractivity contribution in [2.75, 3.05) is 13.7 Å². The summed E-state index contributed by atoms with van der Waals surface area (Å²) in [5.41, 5.74) is 6.24. The number of hydrogen-bond donors (Lipinski definition) is 2. The van der Waals surface area contributed by atoms with Crippen LogP contribution in [0.5, 0.6) is 0 Å². The monoisotopic (exact) mass is 168 g/mol. The van der Waals surface area contributed by atoms with Crippen LogP contribution in [0.2, 0.25) is 0 Å². The molecule has 0 aliphatic carbocycles. The van der Waals surface area contributed by atoms with Crippen LogP contribution in [0.1, 0.15) is 11.7 Å². The Kier molecular flexibility index (Phi) is 3.01. The summed E-state index contributed by atoms with van der Waals surface area (Å²) in [6, 6.07) is 4.63. The number of H-pyrrole nitrogens is 1. The number of ether oxygens (including phenoxy) is 1. The maximum Gasteiger partial charge on any atom is 0.248 e. The summed E-state index contributed by atoms with van der Waals surface area (Å²) in [5, 5.41) is 0. The molecule has 4 nitrogen and oxygen atoms in total. The number of rotatable bonds is 3. The fourth-order valence-corrected chi connectivity index (χ4v) is 0.950. The second kappa shape index (κ2) is 4.04. The van der Waals surface area contributed by atoms with Gasteiger partial charge in [-0.1, -0.05) is 6.07 Å². The molecule has 0 aliphatic heterocycles. The molecule has 0 saturated carbocycles. The van der Waals surface area contributed by atoms with Gasteiger partial charge in [0.2, 0.25) is 5.56 Å². The van der Waals surface area contributed by atoms with E-state index < -0.39 is 0 Å². The van der Waals surface area contributed by atoms with Crippen LogP contribution >= 0.6 is 0 Å². The van der Waals surface area contributed by atoms with E-state index in [2.05, 4.69) is 4.98 Å². The molecule has 12 heavy (non-hydrogen) atoms. The van der Waals surface area contributed by atoms with Gasteiger partial charge in [-0.25, -0.2) is 0 Å². The number of methoxy groups -OCH3 is 1. The molecule has 1 aromatic heterocycles. The highest BCUT2D eigenvalue weighted by Crippen LogP contribution is 2.03. The molecule has 66 valence electrons. The zero-order valence-corrected chi connectivity index (χ0v) is 6.91. The van der Waals surface area contributed by atoms with Gasteiger partial charge < -0.3 is 15.5 Å². The maximum atomic E-state index is 10.8. The van der Waals surface area contributed by atoms with Crippen molar-refractivity contribution in [1.82, 2.24) is 4.98 Å². The van der Waals surface area contributed by atoms with Crippen LogP contribution in [0.25, 0.3) is 0 Å². The van der Waals surface area contributed by atoms with Crippen LogP contribution in [0.4, 0.5) is 0 Å². The predicted molar refractivity (Wildman–Crippen MR) is 45.9 cm³/mol. The first-order chi connectivity index (χ1) is 5.74. The van der Waals surface area contributed by atoms with E-state index in [0.29, 0.717) is 12.3 Å². The Hall–Kier alpha value is -1.13. The summed E-state index contributed by atoms with van der Waals surface area (Å²) in [7, 11) is 1.57. The Labute approximate surface area is 70.4 Å². The van der Waals surface area contributed by atoms with Gasteiger partial charge in [-0.2, -0.15) is 0 Å². The Balaban J connectivity index is 2.80. The molecule has 0 spiro atoms. The lowest BCUT2D eigenvalue weighted by Gasteiger charge is -2.09. The molecule has 1 atom stereocenters. The first-order valence-electron chi connectivity index (χ1n) is 3.68. The summed E-state index contributed by atoms with van der Waals surface area (Å²) in [6.45, 7) is 0.403. The standard InChI is InChI=1S/C8H12N2O2/c1-12-5-6(9)7-3-2-4-8(11)10-7/h2-4,6H,5,9H2,1H3,(H,10,11)/t6-/m1/s1. The molecule has 0 radical (unpaired) electrons. The SMILES string of the molecule is COC[C@@H](N)c1cccc(=O)[nH]1. The van der Waals surface area contributed by atoms with Crippen molar-refractivity contribution in [2.45, 2.75) is 6.04 Å². The van der Waals surface area contributed by atoms with Gasteiger partial charge in [-0.3, -0.25) is 4.79 Å². The quantitative estimate of drug-likeness (QED) is 0.668. The van der Waals surface area contributed by atoms with Crippen molar-refractivity contribution >= 4 is 0 Å². The van der Waals surface area contributed by atoms with Crippen LogP contribution in [0, 0.1) is 0 Å². The third-order valence-electron chi connectivity index (χ3n) is 1.54. The molecular weight excluding hydrogens is 156 g/mol. The average molecular weight is 168 g/mol. The topological polar surface area (TPSA) is 68.1 Å². The Morgan fingerprint density at radius 1 is 1.67 bits per heavy atom. The summed E-state index contributed by atoms with van der Waals surface area (Å²) >= 11 is 0. The van der Waals surface area contributed by atoms with Crippen molar-refractivity contribution in [1.29, 1.82) is 0 Å². The molecule has 4 heteroatoms. The van der Waals surface area contributed by atoms with Gasteiger partial charge in [0.15, 0.2) is 0 Å². The second-order valence-corrected chi connectivity index (χ2v) is 2.53. The molecule has 0 bridgehead atoms. The number of aromatic amines is 1. The first kappa shape index (κ1) is 8.96. The minimum Gasteiger partial charge on any atom is -0.383 e. The lowest BCUT2D eigenvalue weighted by molar-refractivity contribution is 0.179. The highest BCUT2D eigenvalue weighted by Gasteiger charge is 2.04. The molecule has 0 fully saturated rings. The van der Waals surface area contributed by atoms with E-state index in [9.17, 15) is 4.79 Å². The number of nitrogens with one attached hydrogen (secondary N) is 1. The largest absolute Gasteiger partial charge is 0.383 e. The molecule has 0 unspecified atom stereocenters. The smallest absolute Gasteiger partial charge is 0.248 e. The van der Waals surface area contributed by atoms with Crippen molar-refractivity contribution in [3.05, 3.63) is 34.2 Å². The zero-order valence-electron chi connectivity index (χ0n) is 6.91. The van der Waals surface area contributed by atoms with Crippen molar-refractivity contribution in [3.8, 4) is 0 Å². The highest BCUT2D eigenvalue weighted by molar-refractivity contribution is 5.07. The molecular formula is C8H12N2O2. The van der Waals surface area contributed by atoms with Crippen LogP contribution in [-0.4, -0.2) is 18.7 Å². The van der Waals surface area contributed by atoms with E-state index in [0.717, 1.165) is 0 Å². The molecule has 0 aliphatic rings. The van der Waals surface area contributed by atoms with Gasteiger partial charge in [0.1, 0.15) is 0 Å². The molecule has 0 saturated heterocycles.